The van der Waals surface area contributed by atoms with Crippen LogP contribution in [-0.2, 0) is 19.0 Å². The minimum absolute atomic E-state index is 0.128. The van der Waals surface area contributed by atoms with Crippen molar-refractivity contribution in [1.29, 1.82) is 0 Å². The molecular formula is C14H21N3O4. The number of methoxy groups -OCH3 is 2. The Morgan fingerprint density at radius 1 is 1.48 bits per heavy atom. The normalized spacial score (nSPS) is 26.1. The van der Waals surface area contributed by atoms with Gasteiger partial charge in [-0.1, -0.05) is 0 Å². The molecular weight excluding hydrogens is 274 g/mol. The molecule has 2 heterocycles. The largest absolute Gasteiger partial charge is 0.376 e. The van der Waals surface area contributed by atoms with Gasteiger partial charge in [0.1, 0.15) is 12.2 Å². The molecule has 1 aliphatic rings. The van der Waals surface area contributed by atoms with Gasteiger partial charge in [0.15, 0.2) is 0 Å². The zero-order chi connectivity index (χ0) is 15.2. The molecule has 0 spiro atoms. The van der Waals surface area contributed by atoms with Crippen molar-refractivity contribution in [3.05, 3.63) is 24.3 Å². The van der Waals surface area contributed by atoms with Crippen molar-refractivity contribution >= 4 is 12.0 Å². The van der Waals surface area contributed by atoms with Crippen LogP contribution in [0.15, 0.2) is 18.6 Å². The lowest BCUT2D eigenvalue weighted by atomic mass is 10.0. The predicted octanol–water partition coefficient (Wildman–Crippen LogP) is 0.310. The number of imidazole rings is 1. The standard InChI is InChI=1S/C14H21N3O4/c1-17(13(18)5-4-10-6-15-9-16-10)11-7-21-8-12(19-2)14(11)20-3/h4-6,9,11-12,14H,7-8H2,1-3H3,(H,15,16)/b5-4+/t11-,12-,14+/m1/s1. The molecule has 0 aromatic carbocycles. The van der Waals surface area contributed by atoms with E-state index in [1.165, 1.54) is 6.08 Å². The Morgan fingerprint density at radius 3 is 2.90 bits per heavy atom. The van der Waals surface area contributed by atoms with Crippen LogP contribution in [0.2, 0.25) is 0 Å². The maximum absolute atomic E-state index is 12.2. The summed E-state index contributed by atoms with van der Waals surface area (Å²) in [5.74, 6) is -0.128. The number of aromatic nitrogens is 2. The second kappa shape index (κ2) is 7.35. The van der Waals surface area contributed by atoms with Crippen LogP contribution in [0, 0.1) is 0 Å². The van der Waals surface area contributed by atoms with Crippen molar-refractivity contribution in [2.24, 2.45) is 0 Å². The van der Waals surface area contributed by atoms with Crippen LogP contribution in [0.4, 0.5) is 0 Å². The Hall–Kier alpha value is -1.70. The van der Waals surface area contributed by atoms with Gasteiger partial charge in [0.25, 0.3) is 0 Å². The molecule has 0 bridgehead atoms. The number of nitrogens with one attached hydrogen (secondary N) is 1. The summed E-state index contributed by atoms with van der Waals surface area (Å²) in [6.07, 6.45) is 6.00. The minimum atomic E-state index is -0.210. The molecule has 1 aromatic rings. The Kier molecular flexibility index (Phi) is 5.49. The molecule has 21 heavy (non-hydrogen) atoms. The van der Waals surface area contributed by atoms with Crippen LogP contribution < -0.4 is 0 Å². The van der Waals surface area contributed by atoms with Crippen molar-refractivity contribution in [1.82, 2.24) is 14.9 Å². The van der Waals surface area contributed by atoms with Gasteiger partial charge in [-0.3, -0.25) is 4.79 Å². The molecule has 7 nitrogen and oxygen atoms in total. The number of hydrogen-bond acceptors (Lipinski definition) is 5. The number of amides is 1. The third-order valence-electron chi connectivity index (χ3n) is 3.66. The molecule has 1 aromatic heterocycles. The maximum Gasteiger partial charge on any atom is 0.246 e. The van der Waals surface area contributed by atoms with E-state index in [1.54, 1.807) is 44.8 Å². The van der Waals surface area contributed by atoms with E-state index in [-0.39, 0.29) is 24.2 Å². The number of nitrogens with zero attached hydrogens (tertiary/aromatic N) is 2. The summed E-state index contributed by atoms with van der Waals surface area (Å²) in [4.78, 5) is 20.7. The van der Waals surface area contributed by atoms with Crippen molar-refractivity contribution in [3.63, 3.8) is 0 Å². The highest BCUT2D eigenvalue weighted by atomic mass is 16.6. The second-order valence-corrected chi connectivity index (χ2v) is 4.87. The smallest absolute Gasteiger partial charge is 0.246 e. The average Bonchev–Trinajstić information content (AvgIpc) is 3.04. The molecule has 7 heteroatoms. The van der Waals surface area contributed by atoms with Gasteiger partial charge in [-0.25, -0.2) is 4.98 Å². The summed E-state index contributed by atoms with van der Waals surface area (Å²) in [6.45, 7) is 0.899. The van der Waals surface area contributed by atoms with E-state index in [2.05, 4.69) is 9.97 Å². The first-order chi connectivity index (χ1) is 10.2. The predicted molar refractivity (Wildman–Crippen MR) is 76.6 cm³/mol. The third-order valence-corrected chi connectivity index (χ3v) is 3.66. The molecule has 116 valence electrons. The van der Waals surface area contributed by atoms with Crippen molar-refractivity contribution in [2.45, 2.75) is 18.2 Å². The van der Waals surface area contributed by atoms with Crippen molar-refractivity contribution in [2.75, 3.05) is 34.5 Å². The summed E-state index contributed by atoms with van der Waals surface area (Å²) < 4.78 is 16.3. The lowest BCUT2D eigenvalue weighted by molar-refractivity contribution is -0.161. The minimum Gasteiger partial charge on any atom is -0.376 e. The van der Waals surface area contributed by atoms with E-state index >= 15 is 0 Å². The fourth-order valence-electron chi connectivity index (χ4n) is 2.39. The first kappa shape index (κ1) is 15.7. The van der Waals surface area contributed by atoms with Crippen LogP contribution in [0.5, 0.6) is 0 Å². The van der Waals surface area contributed by atoms with E-state index in [9.17, 15) is 4.79 Å². The third kappa shape index (κ3) is 3.69. The highest BCUT2D eigenvalue weighted by Gasteiger charge is 2.38. The molecule has 0 saturated carbocycles. The van der Waals surface area contributed by atoms with Gasteiger partial charge < -0.3 is 24.1 Å². The van der Waals surface area contributed by atoms with Gasteiger partial charge in [-0.15, -0.1) is 0 Å². The fraction of sp³-hybridized carbons (Fsp3) is 0.571. The lowest BCUT2D eigenvalue weighted by Crippen LogP contribution is -2.57. The van der Waals surface area contributed by atoms with Crippen LogP contribution in [0.1, 0.15) is 5.69 Å². The number of H-pyrrole nitrogens is 1. The maximum atomic E-state index is 12.2. The highest BCUT2D eigenvalue weighted by Crippen LogP contribution is 2.19. The number of ether oxygens (including phenoxy) is 3. The van der Waals surface area contributed by atoms with E-state index < -0.39 is 0 Å². The van der Waals surface area contributed by atoms with Crippen LogP contribution in [0.25, 0.3) is 6.08 Å². The van der Waals surface area contributed by atoms with E-state index in [0.29, 0.717) is 13.2 Å². The quantitative estimate of drug-likeness (QED) is 0.791. The average molecular weight is 295 g/mol. The van der Waals surface area contributed by atoms with Gasteiger partial charge in [0.05, 0.1) is 37.5 Å². The van der Waals surface area contributed by atoms with Gasteiger partial charge >= 0.3 is 0 Å². The second-order valence-electron chi connectivity index (χ2n) is 4.87. The van der Waals surface area contributed by atoms with Gasteiger partial charge in [0, 0.05) is 27.3 Å². The van der Waals surface area contributed by atoms with E-state index in [1.807, 2.05) is 0 Å². The van der Waals surface area contributed by atoms with E-state index in [0.717, 1.165) is 5.69 Å². The molecule has 0 unspecified atom stereocenters. The number of likely N-dealkylation sites (N-methyl/N-ethyl adjacent to an activating group) is 1. The summed E-state index contributed by atoms with van der Waals surface area (Å²) in [5.41, 5.74) is 0.773. The van der Waals surface area contributed by atoms with Gasteiger partial charge in [0.2, 0.25) is 5.91 Å². The Labute approximate surface area is 123 Å². The van der Waals surface area contributed by atoms with Crippen molar-refractivity contribution in [3.8, 4) is 0 Å². The van der Waals surface area contributed by atoms with Gasteiger partial charge in [-0.05, 0) is 6.08 Å². The number of carbonyl (C=O) groups excluding carboxylic acids is 1. The SMILES string of the molecule is CO[C@H]1[C@H](N(C)C(=O)/C=C/c2cnc[nH]2)COC[C@H]1OC. The van der Waals surface area contributed by atoms with Crippen LogP contribution >= 0.6 is 0 Å². The summed E-state index contributed by atoms with van der Waals surface area (Å²) >= 11 is 0. The Morgan fingerprint density at radius 2 is 2.29 bits per heavy atom. The molecule has 1 aliphatic heterocycles. The molecule has 1 N–H and O–H groups in total. The first-order valence-corrected chi connectivity index (χ1v) is 6.74. The number of hydrogen-bond donors (Lipinski definition) is 1. The fourth-order valence-corrected chi connectivity index (χ4v) is 2.39. The monoisotopic (exact) mass is 295 g/mol. The zero-order valence-electron chi connectivity index (χ0n) is 12.5. The Balaban J connectivity index is 2.03. The topological polar surface area (TPSA) is 76.7 Å². The molecule has 2 rings (SSSR count). The zero-order valence-corrected chi connectivity index (χ0v) is 12.5. The van der Waals surface area contributed by atoms with Gasteiger partial charge in [-0.2, -0.15) is 0 Å². The number of rotatable bonds is 5. The number of aromatic amines is 1. The molecule has 1 fully saturated rings. The molecule has 3 atom stereocenters. The van der Waals surface area contributed by atoms with Crippen LogP contribution in [0.3, 0.4) is 0 Å². The number of carbonyl (C=O) groups is 1. The molecule has 0 radical (unpaired) electrons. The first-order valence-electron chi connectivity index (χ1n) is 6.74. The molecule has 1 saturated heterocycles. The highest BCUT2D eigenvalue weighted by molar-refractivity contribution is 5.91. The van der Waals surface area contributed by atoms with Crippen molar-refractivity contribution < 1.29 is 19.0 Å². The summed E-state index contributed by atoms with van der Waals surface area (Å²) in [6, 6.07) is -0.187. The molecule has 0 aliphatic carbocycles. The molecule has 1 amide bonds. The van der Waals surface area contributed by atoms with Crippen LogP contribution in [-0.4, -0.2) is 73.5 Å². The summed E-state index contributed by atoms with van der Waals surface area (Å²) in [5, 5.41) is 0. The lowest BCUT2D eigenvalue weighted by Gasteiger charge is -2.40. The van der Waals surface area contributed by atoms with E-state index in [4.69, 9.17) is 14.2 Å². The Bertz CT molecular complexity index is 475. The summed E-state index contributed by atoms with van der Waals surface area (Å²) in [7, 11) is 4.97.